The number of methoxy groups -OCH3 is 1. The maximum atomic E-state index is 12.4. The third kappa shape index (κ3) is 4.73. The number of nitrogens with zero attached hydrogens (tertiary/aromatic N) is 1. The van der Waals surface area contributed by atoms with Gasteiger partial charge in [0.2, 0.25) is 10.0 Å². The van der Waals surface area contributed by atoms with Gasteiger partial charge in [-0.15, -0.1) is 0 Å². The summed E-state index contributed by atoms with van der Waals surface area (Å²) in [6.45, 7) is 2.45. The van der Waals surface area contributed by atoms with Crippen LogP contribution in [0.25, 0.3) is 11.3 Å². The lowest BCUT2D eigenvalue weighted by Gasteiger charge is -2.07. The fourth-order valence-corrected chi connectivity index (χ4v) is 3.37. The molecular formula is C19H20N4O5S. The van der Waals surface area contributed by atoms with Crippen molar-refractivity contribution in [2.75, 3.05) is 19.0 Å². The Balaban J connectivity index is 1.80. The Morgan fingerprint density at radius 1 is 1.17 bits per heavy atom. The molecule has 0 saturated heterocycles. The van der Waals surface area contributed by atoms with Crippen LogP contribution >= 0.6 is 0 Å². The average molecular weight is 416 g/mol. The minimum absolute atomic E-state index is 0.125. The minimum atomic E-state index is -3.99. The van der Waals surface area contributed by atoms with Crippen molar-refractivity contribution in [1.29, 1.82) is 0 Å². The normalized spacial score (nSPS) is 11.1. The molecule has 0 saturated carbocycles. The molecule has 4 N–H and O–H groups in total. The number of sulfonamides is 1. The SMILES string of the molecule is CCOc1ccc(NC(=O)c2cc(-c3ccc(OC)c(S(N)(=O)=O)c3)n[nH]2)cc1. The summed E-state index contributed by atoms with van der Waals surface area (Å²) in [7, 11) is -2.64. The predicted octanol–water partition coefficient (Wildman–Crippen LogP) is 2.38. The lowest BCUT2D eigenvalue weighted by Crippen LogP contribution is -2.13. The van der Waals surface area contributed by atoms with Gasteiger partial charge in [-0.2, -0.15) is 5.10 Å². The maximum absolute atomic E-state index is 12.4. The molecule has 1 aromatic heterocycles. The van der Waals surface area contributed by atoms with Gasteiger partial charge < -0.3 is 14.8 Å². The zero-order chi connectivity index (χ0) is 21.0. The molecule has 0 aliphatic carbocycles. The van der Waals surface area contributed by atoms with Crippen molar-refractivity contribution in [2.24, 2.45) is 5.14 Å². The summed E-state index contributed by atoms with van der Waals surface area (Å²) < 4.78 is 33.9. The van der Waals surface area contributed by atoms with Gasteiger partial charge in [-0.05, 0) is 55.5 Å². The topological polar surface area (TPSA) is 136 Å². The first kappa shape index (κ1) is 20.4. The smallest absolute Gasteiger partial charge is 0.273 e. The molecule has 0 aliphatic heterocycles. The van der Waals surface area contributed by atoms with E-state index >= 15 is 0 Å². The second-order valence-electron chi connectivity index (χ2n) is 5.99. The Morgan fingerprint density at radius 3 is 2.52 bits per heavy atom. The fourth-order valence-electron chi connectivity index (χ4n) is 2.64. The lowest BCUT2D eigenvalue weighted by atomic mass is 10.1. The number of carbonyl (C=O) groups is 1. The van der Waals surface area contributed by atoms with Crippen LogP contribution in [0.2, 0.25) is 0 Å². The molecule has 0 unspecified atom stereocenters. The quantitative estimate of drug-likeness (QED) is 0.541. The van der Waals surface area contributed by atoms with E-state index in [1.165, 1.54) is 25.3 Å². The van der Waals surface area contributed by atoms with Gasteiger partial charge in [0.05, 0.1) is 19.4 Å². The fraction of sp³-hybridized carbons (Fsp3) is 0.158. The highest BCUT2D eigenvalue weighted by molar-refractivity contribution is 7.89. The van der Waals surface area contributed by atoms with E-state index < -0.39 is 15.9 Å². The standard InChI is InChI=1S/C19H20N4O5S/c1-3-28-14-7-5-13(6-8-14)21-19(24)16-11-15(22-23-16)12-4-9-17(27-2)18(10-12)29(20,25)26/h4-11H,3H2,1-2H3,(H,21,24)(H,22,23)(H2,20,25,26). The molecule has 29 heavy (non-hydrogen) atoms. The summed E-state index contributed by atoms with van der Waals surface area (Å²) >= 11 is 0. The number of aromatic amines is 1. The van der Waals surface area contributed by atoms with Crippen molar-refractivity contribution in [3.8, 4) is 22.8 Å². The molecule has 10 heteroatoms. The summed E-state index contributed by atoms with van der Waals surface area (Å²) in [6, 6.07) is 12.9. The van der Waals surface area contributed by atoms with E-state index in [0.29, 0.717) is 29.3 Å². The number of ether oxygens (including phenoxy) is 2. The third-order valence-electron chi connectivity index (χ3n) is 4.01. The van der Waals surface area contributed by atoms with Gasteiger partial charge in [0, 0.05) is 11.3 Å². The van der Waals surface area contributed by atoms with E-state index in [4.69, 9.17) is 14.6 Å². The van der Waals surface area contributed by atoms with Gasteiger partial charge in [-0.3, -0.25) is 9.89 Å². The number of primary sulfonamides is 1. The summed E-state index contributed by atoms with van der Waals surface area (Å²) in [5.74, 6) is 0.438. The van der Waals surface area contributed by atoms with Crippen molar-refractivity contribution in [2.45, 2.75) is 11.8 Å². The molecule has 3 aromatic rings. The molecule has 0 spiro atoms. The van der Waals surface area contributed by atoms with Gasteiger partial charge in [-0.25, -0.2) is 13.6 Å². The molecule has 1 amide bonds. The van der Waals surface area contributed by atoms with Crippen molar-refractivity contribution in [3.63, 3.8) is 0 Å². The van der Waals surface area contributed by atoms with Crippen LogP contribution in [-0.4, -0.2) is 38.2 Å². The first-order valence-corrected chi connectivity index (χ1v) is 10.2. The summed E-state index contributed by atoms with van der Waals surface area (Å²) in [5, 5.41) is 14.7. The monoisotopic (exact) mass is 416 g/mol. The number of anilines is 1. The molecule has 9 nitrogen and oxygen atoms in total. The molecule has 152 valence electrons. The molecule has 2 aromatic carbocycles. The van der Waals surface area contributed by atoms with Gasteiger partial charge in [0.15, 0.2) is 0 Å². The Labute approximate surface area is 167 Å². The van der Waals surface area contributed by atoms with Crippen LogP contribution < -0.4 is 19.9 Å². The van der Waals surface area contributed by atoms with Gasteiger partial charge in [-0.1, -0.05) is 0 Å². The zero-order valence-corrected chi connectivity index (χ0v) is 16.6. The van der Waals surface area contributed by atoms with Crippen LogP contribution in [0.4, 0.5) is 5.69 Å². The van der Waals surface area contributed by atoms with E-state index in [0.717, 1.165) is 0 Å². The van der Waals surface area contributed by atoms with Gasteiger partial charge in [0.25, 0.3) is 5.91 Å². The second kappa shape index (κ2) is 8.33. The molecule has 0 aliphatic rings. The van der Waals surface area contributed by atoms with Gasteiger partial charge >= 0.3 is 0 Å². The lowest BCUT2D eigenvalue weighted by molar-refractivity contribution is 0.102. The molecule has 3 rings (SSSR count). The zero-order valence-electron chi connectivity index (χ0n) is 15.8. The van der Waals surface area contributed by atoms with E-state index in [2.05, 4.69) is 15.5 Å². The average Bonchev–Trinajstić information content (AvgIpc) is 3.19. The van der Waals surface area contributed by atoms with Crippen molar-refractivity contribution in [3.05, 3.63) is 54.2 Å². The van der Waals surface area contributed by atoms with E-state index in [1.807, 2.05) is 6.92 Å². The number of hydrogen-bond donors (Lipinski definition) is 3. The van der Waals surface area contributed by atoms with Crippen molar-refractivity contribution in [1.82, 2.24) is 10.2 Å². The summed E-state index contributed by atoms with van der Waals surface area (Å²) in [6.07, 6.45) is 0. The van der Waals surface area contributed by atoms with Crippen molar-refractivity contribution >= 4 is 21.6 Å². The Bertz CT molecular complexity index is 1120. The molecule has 0 fully saturated rings. The number of rotatable bonds is 7. The number of benzene rings is 2. The Morgan fingerprint density at radius 2 is 1.90 bits per heavy atom. The first-order chi connectivity index (χ1) is 13.8. The molecule has 0 radical (unpaired) electrons. The van der Waals surface area contributed by atoms with Crippen LogP contribution in [-0.2, 0) is 10.0 Å². The third-order valence-corrected chi connectivity index (χ3v) is 4.94. The van der Waals surface area contributed by atoms with Crippen molar-refractivity contribution < 1.29 is 22.7 Å². The molecular weight excluding hydrogens is 396 g/mol. The van der Waals surface area contributed by atoms with Crippen LogP contribution in [0, 0.1) is 0 Å². The summed E-state index contributed by atoms with van der Waals surface area (Å²) in [4.78, 5) is 12.3. The largest absolute Gasteiger partial charge is 0.495 e. The number of H-pyrrole nitrogens is 1. The second-order valence-corrected chi connectivity index (χ2v) is 7.52. The van der Waals surface area contributed by atoms with Crippen LogP contribution in [0.3, 0.4) is 0 Å². The Hall–Kier alpha value is -3.37. The summed E-state index contributed by atoms with van der Waals surface area (Å²) in [5.41, 5.74) is 1.65. The minimum Gasteiger partial charge on any atom is -0.495 e. The van der Waals surface area contributed by atoms with E-state index in [1.54, 1.807) is 30.3 Å². The molecule has 1 heterocycles. The van der Waals surface area contributed by atoms with E-state index in [9.17, 15) is 13.2 Å². The highest BCUT2D eigenvalue weighted by Gasteiger charge is 2.18. The number of aromatic nitrogens is 2. The van der Waals surface area contributed by atoms with Gasteiger partial charge in [0.1, 0.15) is 22.1 Å². The maximum Gasteiger partial charge on any atom is 0.273 e. The number of nitrogens with two attached hydrogens (primary N) is 1. The Kier molecular flexibility index (Phi) is 5.85. The van der Waals surface area contributed by atoms with Crippen LogP contribution in [0.1, 0.15) is 17.4 Å². The highest BCUT2D eigenvalue weighted by atomic mass is 32.2. The molecule has 0 bridgehead atoms. The highest BCUT2D eigenvalue weighted by Crippen LogP contribution is 2.28. The predicted molar refractivity (Wildman–Crippen MR) is 108 cm³/mol. The number of hydrogen-bond acceptors (Lipinski definition) is 6. The number of carbonyl (C=O) groups excluding carboxylic acids is 1. The first-order valence-electron chi connectivity index (χ1n) is 8.62. The van der Waals surface area contributed by atoms with Crippen LogP contribution in [0.5, 0.6) is 11.5 Å². The number of amides is 1. The molecule has 0 atom stereocenters. The van der Waals surface area contributed by atoms with Crippen LogP contribution in [0.15, 0.2) is 53.4 Å². The van der Waals surface area contributed by atoms with E-state index in [-0.39, 0.29) is 16.3 Å². The number of nitrogens with one attached hydrogen (secondary N) is 2.